The molecule has 0 unspecified atom stereocenters. The van der Waals surface area contributed by atoms with Crippen molar-refractivity contribution in [2.45, 2.75) is 24.8 Å². The fraction of sp³-hybridized carbons (Fsp3) is 0.333. The molecule has 0 aliphatic carbocycles. The third-order valence-corrected chi connectivity index (χ3v) is 5.69. The number of nitrogens with one attached hydrogen (secondary N) is 3. The van der Waals surface area contributed by atoms with Crippen molar-refractivity contribution < 1.29 is 19.5 Å². The van der Waals surface area contributed by atoms with Gasteiger partial charge in [-0.2, -0.15) is 0 Å². The Morgan fingerprint density at radius 2 is 2.00 bits per heavy atom. The van der Waals surface area contributed by atoms with Crippen molar-refractivity contribution in [1.82, 2.24) is 15.6 Å². The smallest absolute Gasteiger partial charge is 0.405 e. The Labute approximate surface area is 165 Å². The Balaban J connectivity index is 2.05. The number of ketones is 1. The molecule has 28 heavy (non-hydrogen) atoms. The van der Waals surface area contributed by atoms with E-state index >= 15 is 0 Å². The number of nitrogens with zero attached hydrogens (tertiary/aromatic N) is 1. The van der Waals surface area contributed by atoms with Gasteiger partial charge in [-0.25, -0.2) is 9.59 Å². The molecule has 10 heteroatoms. The number of amides is 3. The third-order valence-electron chi connectivity index (χ3n) is 4.59. The van der Waals surface area contributed by atoms with E-state index in [-0.39, 0.29) is 12.1 Å². The lowest BCUT2D eigenvalue weighted by molar-refractivity contribution is 0.0833. The first-order chi connectivity index (χ1) is 13.4. The van der Waals surface area contributed by atoms with Gasteiger partial charge in [-0.1, -0.05) is 0 Å². The zero-order valence-corrected chi connectivity index (χ0v) is 15.8. The van der Waals surface area contributed by atoms with E-state index in [9.17, 15) is 19.5 Å². The van der Waals surface area contributed by atoms with Gasteiger partial charge in [0.05, 0.1) is 5.56 Å². The average Bonchev–Trinajstić information content (AvgIpc) is 2.91. The summed E-state index contributed by atoms with van der Waals surface area (Å²) >= 11 is 1.20. The van der Waals surface area contributed by atoms with Crippen LogP contribution in [0.1, 0.15) is 29.6 Å². The van der Waals surface area contributed by atoms with Crippen LogP contribution in [0.15, 0.2) is 30.6 Å². The normalized spacial score (nSPS) is 19.4. The summed E-state index contributed by atoms with van der Waals surface area (Å²) in [6, 6.07) is 4.43. The van der Waals surface area contributed by atoms with Crippen LogP contribution in [0.4, 0.5) is 14.6 Å². The van der Waals surface area contributed by atoms with Gasteiger partial charge < -0.3 is 21.5 Å². The van der Waals surface area contributed by atoms with Crippen LogP contribution in [0.5, 0.6) is 0 Å². The predicted octanol–water partition coefficient (Wildman–Crippen LogP) is 2.26. The number of thiophene rings is 1. The Morgan fingerprint density at radius 1 is 1.25 bits per heavy atom. The van der Waals surface area contributed by atoms with E-state index in [1.54, 1.807) is 30.6 Å². The molecule has 0 bridgehead atoms. The largest absolute Gasteiger partial charge is 0.465 e. The summed E-state index contributed by atoms with van der Waals surface area (Å²) < 4.78 is 0. The Morgan fingerprint density at radius 3 is 2.68 bits per heavy atom. The Bertz CT molecular complexity index is 875. The minimum atomic E-state index is -1.31. The van der Waals surface area contributed by atoms with Crippen molar-refractivity contribution in [3.8, 4) is 10.4 Å². The van der Waals surface area contributed by atoms with E-state index in [4.69, 9.17) is 5.73 Å². The zero-order chi connectivity index (χ0) is 20.1. The number of nitrogens with two attached hydrogens (primary N) is 1. The fourth-order valence-corrected chi connectivity index (χ4v) is 4.37. The number of Topliss-reactive ketones (excluding diaryl/α,β-unsaturated/α-hetero) is 1. The molecule has 148 valence electrons. The number of aromatic nitrogens is 1. The highest BCUT2D eigenvalue weighted by atomic mass is 32.1. The summed E-state index contributed by atoms with van der Waals surface area (Å²) in [5.74, 6) is -0.399. The standard InChI is InChI=1S/C18H21N5O4S/c19-16(25)22-15-12(9-13(28-15)11-3-7-20-8-4-11)14(24)18(23-17(26)27)5-1-2-6-21-10-18/h3-4,7-9,21,23H,1-2,5-6,10H2,(H,26,27)(H3,19,22,25)/t18-/m0/s1. The Kier molecular flexibility index (Phi) is 5.90. The zero-order valence-electron chi connectivity index (χ0n) is 15.0. The topological polar surface area (TPSA) is 146 Å². The number of carboxylic acid groups (broad SMARTS) is 1. The van der Waals surface area contributed by atoms with Crippen LogP contribution >= 0.6 is 11.3 Å². The lowest BCUT2D eigenvalue weighted by atomic mass is 9.85. The highest BCUT2D eigenvalue weighted by Gasteiger charge is 2.42. The fourth-order valence-electron chi connectivity index (χ4n) is 3.31. The molecular formula is C18H21N5O4S. The number of rotatable bonds is 5. The van der Waals surface area contributed by atoms with Gasteiger partial charge >= 0.3 is 12.1 Å². The van der Waals surface area contributed by atoms with Crippen molar-refractivity contribution >= 4 is 34.2 Å². The molecule has 0 aromatic carbocycles. The first-order valence-electron chi connectivity index (χ1n) is 8.78. The predicted molar refractivity (Wildman–Crippen MR) is 106 cm³/mol. The van der Waals surface area contributed by atoms with Crippen LogP contribution in [-0.2, 0) is 0 Å². The minimum Gasteiger partial charge on any atom is -0.465 e. The highest BCUT2D eigenvalue weighted by Crippen LogP contribution is 2.38. The second-order valence-corrected chi connectivity index (χ2v) is 7.61. The number of urea groups is 1. The summed E-state index contributed by atoms with van der Waals surface area (Å²) in [7, 11) is 0. The molecule has 1 aliphatic rings. The molecule has 1 fully saturated rings. The quantitative estimate of drug-likeness (QED) is 0.484. The number of carbonyl (C=O) groups is 3. The van der Waals surface area contributed by atoms with Gasteiger partial charge in [-0.3, -0.25) is 15.1 Å². The van der Waals surface area contributed by atoms with Crippen LogP contribution in [0, 0.1) is 0 Å². The van der Waals surface area contributed by atoms with Crippen molar-refractivity contribution in [3.63, 3.8) is 0 Å². The van der Waals surface area contributed by atoms with Gasteiger partial charge in [-0.05, 0) is 49.6 Å². The molecule has 1 saturated heterocycles. The van der Waals surface area contributed by atoms with E-state index in [0.717, 1.165) is 16.9 Å². The number of primary amides is 1. The molecule has 2 aromatic rings. The molecule has 3 rings (SSSR count). The summed E-state index contributed by atoms with van der Waals surface area (Å²) in [6.45, 7) is 0.878. The second-order valence-electron chi connectivity index (χ2n) is 6.55. The van der Waals surface area contributed by atoms with Gasteiger partial charge in [0.15, 0.2) is 5.78 Å². The van der Waals surface area contributed by atoms with Gasteiger partial charge in [0.25, 0.3) is 0 Å². The minimum absolute atomic E-state index is 0.175. The van der Waals surface area contributed by atoms with Crippen LogP contribution in [0.3, 0.4) is 0 Å². The summed E-state index contributed by atoms with van der Waals surface area (Å²) in [5, 5.41) is 17.7. The lowest BCUT2D eigenvalue weighted by Gasteiger charge is -2.31. The number of pyridine rings is 1. The first-order valence-corrected chi connectivity index (χ1v) is 9.60. The Hall–Kier alpha value is -2.98. The maximum absolute atomic E-state index is 13.5. The van der Waals surface area contributed by atoms with Crippen molar-refractivity contribution in [1.29, 1.82) is 0 Å². The first kappa shape index (κ1) is 19.8. The number of anilines is 1. The van der Waals surface area contributed by atoms with Crippen LogP contribution in [0.2, 0.25) is 0 Å². The molecule has 3 heterocycles. The molecule has 1 atom stereocenters. The van der Waals surface area contributed by atoms with E-state index in [2.05, 4.69) is 20.9 Å². The number of hydrogen-bond donors (Lipinski definition) is 5. The van der Waals surface area contributed by atoms with Gasteiger partial charge in [0, 0.05) is 23.8 Å². The molecule has 0 saturated carbocycles. The van der Waals surface area contributed by atoms with Crippen LogP contribution in [0.25, 0.3) is 10.4 Å². The van der Waals surface area contributed by atoms with Crippen molar-refractivity contribution in [2.24, 2.45) is 5.73 Å². The molecule has 2 aromatic heterocycles. The average molecular weight is 403 g/mol. The molecule has 3 amide bonds. The van der Waals surface area contributed by atoms with E-state index < -0.39 is 23.4 Å². The molecule has 1 aliphatic heterocycles. The molecule has 0 spiro atoms. The van der Waals surface area contributed by atoms with Gasteiger partial charge in [-0.15, -0.1) is 11.3 Å². The maximum atomic E-state index is 13.5. The molecule has 6 N–H and O–H groups in total. The monoisotopic (exact) mass is 403 g/mol. The molecule has 9 nitrogen and oxygen atoms in total. The summed E-state index contributed by atoms with van der Waals surface area (Å²) in [5.41, 5.74) is 5.01. The molecule has 0 radical (unpaired) electrons. The van der Waals surface area contributed by atoms with E-state index in [0.29, 0.717) is 24.4 Å². The van der Waals surface area contributed by atoms with Crippen molar-refractivity contribution in [3.05, 3.63) is 36.2 Å². The van der Waals surface area contributed by atoms with E-state index in [1.165, 1.54) is 11.3 Å². The molecular weight excluding hydrogens is 382 g/mol. The van der Waals surface area contributed by atoms with Crippen molar-refractivity contribution in [2.75, 3.05) is 18.4 Å². The summed E-state index contributed by atoms with van der Waals surface area (Å²) in [6.07, 6.45) is 3.88. The number of carbonyl (C=O) groups excluding carboxylic acids is 2. The summed E-state index contributed by atoms with van der Waals surface area (Å²) in [4.78, 5) is 41.1. The van der Waals surface area contributed by atoms with Crippen LogP contribution in [-0.4, -0.2) is 46.6 Å². The second kappa shape index (κ2) is 8.36. The number of hydrogen-bond acceptors (Lipinski definition) is 6. The maximum Gasteiger partial charge on any atom is 0.405 e. The lowest BCUT2D eigenvalue weighted by Crippen LogP contribution is -2.59. The van der Waals surface area contributed by atoms with Gasteiger partial charge in [0.1, 0.15) is 10.5 Å². The third kappa shape index (κ3) is 4.29. The highest BCUT2D eigenvalue weighted by molar-refractivity contribution is 7.20. The van der Waals surface area contributed by atoms with Gasteiger partial charge in [0.2, 0.25) is 0 Å². The SMILES string of the molecule is NC(=O)Nc1sc(-c2ccncc2)cc1C(=O)[C@]1(NC(=O)O)CCCCNC1. The van der Waals surface area contributed by atoms with Crippen LogP contribution < -0.4 is 21.7 Å². The van der Waals surface area contributed by atoms with E-state index in [1.807, 2.05) is 0 Å².